The van der Waals surface area contributed by atoms with Crippen molar-refractivity contribution in [2.45, 2.75) is 39.3 Å². The van der Waals surface area contributed by atoms with Gasteiger partial charge >= 0.3 is 12.5 Å². The van der Waals surface area contributed by atoms with Crippen molar-refractivity contribution < 1.29 is 27.4 Å². The van der Waals surface area contributed by atoms with E-state index in [9.17, 15) is 18.0 Å². The molecule has 0 bridgehead atoms. The first-order chi connectivity index (χ1) is 18.9. The van der Waals surface area contributed by atoms with Crippen molar-refractivity contribution in [3.8, 4) is 17.1 Å². The lowest BCUT2D eigenvalue weighted by Gasteiger charge is -2.35. The summed E-state index contributed by atoms with van der Waals surface area (Å²) in [4.78, 5) is 21.2. The molecule has 0 spiro atoms. The van der Waals surface area contributed by atoms with Crippen LogP contribution in [0, 0.1) is 0 Å². The summed E-state index contributed by atoms with van der Waals surface area (Å²) >= 11 is 6.41. The summed E-state index contributed by atoms with van der Waals surface area (Å²) in [5, 5.41) is 2.01. The van der Waals surface area contributed by atoms with E-state index in [0.29, 0.717) is 60.9 Å². The Morgan fingerprint density at radius 1 is 0.950 bits per heavy atom. The highest BCUT2D eigenvalue weighted by Crippen LogP contribution is 2.33. The average molecular weight is 575 g/mol. The number of hydrogen-bond acceptors (Lipinski definition) is 5. The normalized spacial score (nSPS) is 15.1. The zero-order chi connectivity index (χ0) is 28.7. The lowest BCUT2D eigenvalue weighted by molar-refractivity contribution is -0.274. The summed E-state index contributed by atoms with van der Waals surface area (Å²) in [6.07, 6.45) is -5.10. The maximum Gasteiger partial charge on any atom is 0.573 e. The SMILES string of the molecule is CC(C)(C)OC(=O)N1CCN(CCn2c(-c3ccc4cccc(Cl)c4n3)cc3cc(OC(F)(F)F)ccc32)CC1. The molecule has 7 nitrogen and oxygen atoms in total. The molecule has 4 aromatic rings. The molecular formula is C29H30ClF3N4O3. The smallest absolute Gasteiger partial charge is 0.444 e. The fourth-order valence-electron chi connectivity index (χ4n) is 4.87. The number of para-hydroxylation sites is 1. The zero-order valence-corrected chi connectivity index (χ0v) is 23.2. The number of halogens is 4. The summed E-state index contributed by atoms with van der Waals surface area (Å²) in [5.74, 6) is -0.281. The minimum Gasteiger partial charge on any atom is -0.444 e. The second kappa shape index (κ2) is 10.8. The van der Waals surface area contributed by atoms with Crippen molar-refractivity contribution in [1.82, 2.24) is 19.4 Å². The van der Waals surface area contributed by atoms with Crippen LogP contribution in [0.2, 0.25) is 5.02 Å². The van der Waals surface area contributed by atoms with E-state index in [1.54, 1.807) is 17.0 Å². The Bertz CT molecular complexity index is 1540. The highest BCUT2D eigenvalue weighted by Gasteiger charge is 2.31. The van der Waals surface area contributed by atoms with Gasteiger partial charge in [-0.25, -0.2) is 9.78 Å². The fraction of sp³-hybridized carbons (Fsp3) is 0.379. The Morgan fingerprint density at radius 2 is 1.70 bits per heavy atom. The van der Waals surface area contributed by atoms with Crippen molar-refractivity contribution in [3.63, 3.8) is 0 Å². The Balaban J connectivity index is 1.41. The molecule has 1 saturated heterocycles. The number of ether oxygens (including phenoxy) is 2. The molecule has 40 heavy (non-hydrogen) atoms. The molecule has 1 amide bonds. The first-order valence-corrected chi connectivity index (χ1v) is 13.4. The standard InChI is InChI=1S/C29H30ClF3N4O3/c1-28(2,3)40-27(38)36-14-11-35(12-15-36)13-16-37-24-10-8-21(39-29(31,32)33)17-20(24)18-25(37)23-9-7-19-5-4-6-22(30)26(19)34-23/h4-10,17-18H,11-16H2,1-3H3. The Kier molecular flexibility index (Phi) is 7.58. The molecule has 2 aromatic heterocycles. The molecule has 1 aliphatic rings. The van der Waals surface area contributed by atoms with Gasteiger partial charge in [0.1, 0.15) is 11.4 Å². The van der Waals surface area contributed by atoms with E-state index in [0.717, 1.165) is 16.6 Å². The van der Waals surface area contributed by atoms with Crippen molar-refractivity contribution in [1.29, 1.82) is 0 Å². The van der Waals surface area contributed by atoms with Crippen LogP contribution >= 0.6 is 11.6 Å². The van der Waals surface area contributed by atoms with Gasteiger partial charge in [0.2, 0.25) is 0 Å². The quantitative estimate of drug-likeness (QED) is 0.258. The summed E-state index contributed by atoms with van der Waals surface area (Å²) < 4.78 is 50.3. The van der Waals surface area contributed by atoms with Gasteiger partial charge < -0.3 is 18.9 Å². The van der Waals surface area contributed by atoms with E-state index in [-0.39, 0.29) is 11.8 Å². The van der Waals surface area contributed by atoms with E-state index < -0.39 is 12.0 Å². The molecule has 0 radical (unpaired) electrons. The van der Waals surface area contributed by atoms with Crippen LogP contribution in [0.25, 0.3) is 33.2 Å². The number of pyridine rings is 1. The third kappa shape index (κ3) is 6.45. The molecule has 5 rings (SSSR count). The fourth-order valence-corrected chi connectivity index (χ4v) is 5.10. The number of rotatable bonds is 5. The summed E-state index contributed by atoms with van der Waals surface area (Å²) in [6, 6.07) is 15.5. The first-order valence-electron chi connectivity index (χ1n) is 13.0. The summed E-state index contributed by atoms with van der Waals surface area (Å²) in [5.41, 5.74) is 2.28. The topological polar surface area (TPSA) is 59.8 Å². The Morgan fingerprint density at radius 3 is 2.40 bits per heavy atom. The Labute approximate surface area is 235 Å². The van der Waals surface area contributed by atoms with Crippen LogP contribution in [0.4, 0.5) is 18.0 Å². The molecule has 0 saturated carbocycles. The third-order valence-corrected chi connectivity index (χ3v) is 7.01. The maximum absolute atomic E-state index is 12.9. The number of amides is 1. The van der Waals surface area contributed by atoms with Crippen LogP contribution in [0.15, 0.2) is 54.6 Å². The van der Waals surface area contributed by atoms with E-state index in [4.69, 9.17) is 21.3 Å². The molecule has 11 heteroatoms. The highest BCUT2D eigenvalue weighted by atomic mass is 35.5. The number of alkyl halides is 3. The minimum atomic E-state index is -4.78. The summed E-state index contributed by atoms with van der Waals surface area (Å²) in [6.45, 7) is 9.24. The van der Waals surface area contributed by atoms with Crippen LogP contribution in [0.1, 0.15) is 20.8 Å². The van der Waals surface area contributed by atoms with Gasteiger partial charge in [-0.05, 0) is 57.2 Å². The number of aromatic nitrogens is 2. The Hall–Kier alpha value is -3.50. The molecule has 0 atom stereocenters. The van der Waals surface area contributed by atoms with Crippen LogP contribution in [-0.2, 0) is 11.3 Å². The second-order valence-electron chi connectivity index (χ2n) is 10.8. The van der Waals surface area contributed by atoms with Crippen molar-refractivity contribution in [2.24, 2.45) is 0 Å². The summed E-state index contributed by atoms with van der Waals surface area (Å²) in [7, 11) is 0. The minimum absolute atomic E-state index is 0.281. The van der Waals surface area contributed by atoms with Crippen LogP contribution in [0.5, 0.6) is 5.75 Å². The monoisotopic (exact) mass is 574 g/mol. The lowest BCUT2D eigenvalue weighted by atomic mass is 10.1. The van der Waals surface area contributed by atoms with E-state index >= 15 is 0 Å². The van der Waals surface area contributed by atoms with E-state index in [1.165, 1.54) is 12.1 Å². The molecule has 0 unspecified atom stereocenters. The molecule has 3 heterocycles. The van der Waals surface area contributed by atoms with Crippen molar-refractivity contribution >= 4 is 39.5 Å². The number of hydrogen-bond donors (Lipinski definition) is 0. The predicted molar refractivity (Wildman–Crippen MR) is 149 cm³/mol. The van der Waals surface area contributed by atoms with Crippen molar-refractivity contribution in [2.75, 3.05) is 32.7 Å². The van der Waals surface area contributed by atoms with Gasteiger partial charge in [-0.3, -0.25) is 4.90 Å². The number of carbonyl (C=O) groups excluding carboxylic acids is 1. The van der Waals surface area contributed by atoms with Gasteiger partial charge in [0.25, 0.3) is 0 Å². The van der Waals surface area contributed by atoms with Gasteiger partial charge in [0.05, 0.1) is 21.9 Å². The second-order valence-corrected chi connectivity index (χ2v) is 11.2. The van der Waals surface area contributed by atoms with E-state index in [1.807, 2.05) is 51.1 Å². The molecule has 1 fully saturated rings. The molecule has 0 N–H and O–H groups in total. The highest BCUT2D eigenvalue weighted by molar-refractivity contribution is 6.35. The molecule has 2 aromatic carbocycles. The van der Waals surface area contributed by atoms with E-state index in [2.05, 4.69) is 14.2 Å². The first kappa shape index (κ1) is 28.0. The molecular weight excluding hydrogens is 545 g/mol. The number of nitrogens with zero attached hydrogens (tertiary/aromatic N) is 4. The van der Waals surface area contributed by atoms with Crippen LogP contribution in [-0.4, -0.2) is 70.1 Å². The van der Waals surface area contributed by atoms with Gasteiger partial charge in [-0.15, -0.1) is 13.2 Å². The van der Waals surface area contributed by atoms with Crippen molar-refractivity contribution in [3.05, 3.63) is 59.6 Å². The van der Waals surface area contributed by atoms with Gasteiger partial charge in [0.15, 0.2) is 0 Å². The molecule has 0 aliphatic carbocycles. The number of fused-ring (bicyclic) bond motifs is 2. The van der Waals surface area contributed by atoms with Crippen LogP contribution in [0.3, 0.4) is 0 Å². The van der Waals surface area contributed by atoms with Crippen LogP contribution < -0.4 is 4.74 Å². The van der Waals surface area contributed by atoms with Gasteiger partial charge in [-0.1, -0.05) is 29.8 Å². The van der Waals surface area contributed by atoms with Gasteiger partial charge in [-0.2, -0.15) is 0 Å². The predicted octanol–water partition coefficient (Wildman–Crippen LogP) is 6.96. The maximum atomic E-state index is 12.9. The largest absolute Gasteiger partial charge is 0.573 e. The number of piperazine rings is 1. The number of benzene rings is 2. The zero-order valence-electron chi connectivity index (χ0n) is 22.5. The third-order valence-electron chi connectivity index (χ3n) is 6.70. The van der Waals surface area contributed by atoms with Gasteiger partial charge in [0, 0.05) is 55.6 Å². The molecule has 212 valence electrons. The molecule has 1 aliphatic heterocycles. The number of carbonyl (C=O) groups is 1. The lowest BCUT2D eigenvalue weighted by Crippen LogP contribution is -2.50. The average Bonchev–Trinajstić information content (AvgIpc) is 3.23.